The van der Waals surface area contributed by atoms with Crippen LogP contribution in [0.25, 0.3) is 33.6 Å². The summed E-state index contributed by atoms with van der Waals surface area (Å²) in [5, 5.41) is 8.11. The molecule has 3 nitrogen and oxygen atoms in total. The fourth-order valence-corrected chi connectivity index (χ4v) is 4.10. The van der Waals surface area contributed by atoms with Crippen molar-refractivity contribution in [2.45, 2.75) is 6.54 Å². The molecular formula is C25H19N3S. The number of pyridine rings is 1. The zero-order valence-electron chi connectivity index (χ0n) is 15.8. The Kier molecular flexibility index (Phi) is 4.76. The monoisotopic (exact) mass is 393 g/mol. The molecule has 140 valence electrons. The van der Waals surface area contributed by atoms with E-state index in [4.69, 9.17) is 10.1 Å². The van der Waals surface area contributed by atoms with Crippen LogP contribution in [0.2, 0.25) is 0 Å². The molecule has 0 unspecified atom stereocenters. The molecule has 2 aromatic carbocycles. The molecule has 0 atom stereocenters. The topological polar surface area (TPSA) is 30.7 Å². The van der Waals surface area contributed by atoms with Gasteiger partial charge in [-0.05, 0) is 41.3 Å². The molecule has 0 amide bonds. The molecule has 0 aliphatic carbocycles. The summed E-state index contributed by atoms with van der Waals surface area (Å²) in [5.41, 5.74) is 5.29. The lowest BCUT2D eigenvalue weighted by Gasteiger charge is -2.00. The molecule has 0 spiro atoms. The van der Waals surface area contributed by atoms with Crippen LogP contribution < -0.4 is 0 Å². The van der Waals surface area contributed by atoms with Crippen LogP contribution in [0.4, 0.5) is 0 Å². The third-order valence-corrected chi connectivity index (χ3v) is 5.66. The first-order valence-electron chi connectivity index (χ1n) is 9.54. The Morgan fingerprint density at radius 1 is 0.828 bits per heavy atom. The number of benzene rings is 2. The van der Waals surface area contributed by atoms with E-state index in [2.05, 4.69) is 78.3 Å². The lowest BCUT2D eigenvalue weighted by molar-refractivity contribution is 0.689. The predicted molar refractivity (Wildman–Crippen MR) is 122 cm³/mol. The highest BCUT2D eigenvalue weighted by atomic mass is 32.1. The molecule has 0 N–H and O–H groups in total. The molecule has 0 radical (unpaired) electrons. The molecule has 0 fully saturated rings. The lowest BCUT2D eigenvalue weighted by Crippen LogP contribution is -1.99. The minimum absolute atomic E-state index is 0.751. The Balaban J connectivity index is 1.49. The first-order valence-corrected chi connectivity index (χ1v) is 10.4. The lowest BCUT2D eigenvalue weighted by atomic mass is 10.1. The van der Waals surface area contributed by atoms with Gasteiger partial charge in [0.05, 0.1) is 22.6 Å². The molecule has 0 aliphatic rings. The highest BCUT2D eigenvalue weighted by Gasteiger charge is 2.10. The number of thiophene rings is 1. The van der Waals surface area contributed by atoms with Gasteiger partial charge in [-0.25, -0.2) is 4.98 Å². The van der Waals surface area contributed by atoms with Crippen LogP contribution in [0.15, 0.2) is 90.4 Å². The molecule has 0 saturated carbocycles. The maximum atomic E-state index is 4.87. The maximum absolute atomic E-state index is 4.87. The van der Waals surface area contributed by atoms with Gasteiger partial charge in [-0.1, -0.05) is 60.7 Å². The van der Waals surface area contributed by atoms with Crippen molar-refractivity contribution in [1.29, 1.82) is 0 Å². The zero-order valence-corrected chi connectivity index (χ0v) is 16.6. The van der Waals surface area contributed by atoms with Gasteiger partial charge in [-0.3, -0.25) is 4.68 Å². The van der Waals surface area contributed by atoms with E-state index < -0.39 is 0 Å². The normalized spacial score (nSPS) is 11.4. The Morgan fingerprint density at radius 3 is 2.55 bits per heavy atom. The first kappa shape index (κ1) is 17.6. The molecule has 5 aromatic rings. The number of nitrogens with zero attached hydrogens (tertiary/aromatic N) is 3. The van der Waals surface area contributed by atoms with Crippen LogP contribution in [-0.4, -0.2) is 14.8 Å². The van der Waals surface area contributed by atoms with Crippen LogP contribution >= 0.6 is 11.3 Å². The molecule has 5 rings (SSSR count). The van der Waals surface area contributed by atoms with E-state index in [9.17, 15) is 0 Å². The van der Waals surface area contributed by atoms with Gasteiger partial charge in [0.2, 0.25) is 0 Å². The zero-order chi connectivity index (χ0) is 19.5. The summed E-state index contributed by atoms with van der Waals surface area (Å²) >= 11 is 1.71. The fraction of sp³-hybridized carbons (Fsp3) is 0.0400. The van der Waals surface area contributed by atoms with Gasteiger partial charge in [0.25, 0.3) is 0 Å². The number of aromatic nitrogens is 3. The third kappa shape index (κ3) is 3.89. The molecular weight excluding hydrogens is 374 g/mol. The van der Waals surface area contributed by atoms with Crippen molar-refractivity contribution >= 4 is 34.4 Å². The smallest absolute Gasteiger partial charge is 0.109 e. The van der Waals surface area contributed by atoms with Crippen molar-refractivity contribution < 1.29 is 0 Å². The molecule has 3 heterocycles. The van der Waals surface area contributed by atoms with E-state index in [0.717, 1.165) is 34.4 Å². The van der Waals surface area contributed by atoms with E-state index in [0.29, 0.717) is 0 Å². The second-order valence-corrected chi connectivity index (χ2v) is 7.80. The average molecular weight is 394 g/mol. The molecule has 0 aliphatic heterocycles. The van der Waals surface area contributed by atoms with E-state index in [1.54, 1.807) is 11.3 Å². The van der Waals surface area contributed by atoms with Gasteiger partial charge >= 0.3 is 0 Å². The summed E-state index contributed by atoms with van der Waals surface area (Å²) in [6.07, 6.45) is 6.29. The summed E-state index contributed by atoms with van der Waals surface area (Å²) in [6.45, 7) is 0.751. The molecule has 0 bridgehead atoms. The minimum atomic E-state index is 0.751. The Hall–Kier alpha value is -3.50. The molecule has 4 heteroatoms. The predicted octanol–water partition coefficient (Wildman–Crippen LogP) is 6.38. The summed E-state index contributed by atoms with van der Waals surface area (Å²) in [6, 6.07) is 26.9. The van der Waals surface area contributed by atoms with Gasteiger partial charge in [0.15, 0.2) is 0 Å². The highest BCUT2D eigenvalue weighted by Crippen LogP contribution is 2.28. The van der Waals surface area contributed by atoms with Crippen LogP contribution in [-0.2, 0) is 6.54 Å². The Morgan fingerprint density at radius 2 is 1.69 bits per heavy atom. The van der Waals surface area contributed by atoms with Gasteiger partial charge in [-0.15, -0.1) is 11.3 Å². The summed E-state index contributed by atoms with van der Waals surface area (Å²) in [4.78, 5) is 5.92. The van der Waals surface area contributed by atoms with E-state index in [-0.39, 0.29) is 0 Å². The van der Waals surface area contributed by atoms with Crippen LogP contribution in [0.5, 0.6) is 0 Å². The molecule has 0 saturated heterocycles. The van der Waals surface area contributed by atoms with Crippen LogP contribution in [0, 0.1) is 0 Å². The molecule has 3 aromatic heterocycles. The van der Waals surface area contributed by atoms with E-state index in [1.807, 2.05) is 28.9 Å². The fourth-order valence-electron chi connectivity index (χ4n) is 3.36. The summed E-state index contributed by atoms with van der Waals surface area (Å²) in [7, 11) is 0. The van der Waals surface area contributed by atoms with Crippen molar-refractivity contribution in [1.82, 2.24) is 14.8 Å². The van der Waals surface area contributed by atoms with E-state index >= 15 is 0 Å². The standard InChI is InChI=1S/C25H19N3S/c1-2-7-19(8-3-1)17-28-18-21(25(27-28)24-11-6-16-29-24)13-15-22-14-12-20-9-4-5-10-23(20)26-22/h1-16,18H,17H2. The SMILES string of the molecule is C(=Cc1cn(Cc2ccccc2)nc1-c1cccs1)c1ccc2ccccc2n1. The minimum Gasteiger partial charge on any atom is -0.267 e. The van der Waals surface area contributed by atoms with Crippen molar-refractivity contribution in [3.8, 4) is 10.6 Å². The van der Waals surface area contributed by atoms with Crippen molar-refractivity contribution in [3.63, 3.8) is 0 Å². The highest BCUT2D eigenvalue weighted by molar-refractivity contribution is 7.13. The Bertz CT molecular complexity index is 1270. The van der Waals surface area contributed by atoms with Crippen molar-refractivity contribution in [2.75, 3.05) is 0 Å². The first-order chi connectivity index (χ1) is 14.3. The average Bonchev–Trinajstić information content (AvgIpc) is 3.43. The van der Waals surface area contributed by atoms with Crippen LogP contribution in [0.1, 0.15) is 16.8 Å². The number of para-hydroxylation sites is 1. The van der Waals surface area contributed by atoms with Gasteiger partial charge in [0, 0.05) is 17.1 Å². The second-order valence-electron chi connectivity index (χ2n) is 6.86. The number of rotatable bonds is 5. The van der Waals surface area contributed by atoms with E-state index in [1.165, 1.54) is 10.4 Å². The Labute approximate surface area is 173 Å². The maximum Gasteiger partial charge on any atom is 0.109 e. The summed E-state index contributed by atoms with van der Waals surface area (Å²) in [5.74, 6) is 0. The van der Waals surface area contributed by atoms with Crippen LogP contribution in [0.3, 0.4) is 0 Å². The quantitative estimate of drug-likeness (QED) is 0.347. The number of hydrogen-bond acceptors (Lipinski definition) is 3. The largest absolute Gasteiger partial charge is 0.267 e. The van der Waals surface area contributed by atoms with Crippen molar-refractivity contribution in [3.05, 3.63) is 107 Å². The second kappa shape index (κ2) is 7.86. The van der Waals surface area contributed by atoms with Gasteiger partial charge in [0.1, 0.15) is 5.69 Å². The third-order valence-electron chi connectivity index (χ3n) is 4.79. The number of hydrogen-bond donors (Lipinski definition) is 0. The van der Waals surface area contributed by atoms with Crippen molar-refractivity contribution in [2.24, 2.45) is 0 Å². The summed E-state index contributed by atoms with van der Waals surface area (Å²) < 4.78 is 2.01. The van der Waals surface area contributed by atoms with Gasteiger partial charge in [-0.2, -0.15) is 5.10 Å². The number of fused-ring (bicyclic) bond motifs is 1. The molecule has 29 heavy (non-hydrogen) atoms. The van der Waals surface area contributed by atoms with Gasteiger partial charge < -0.3 is 0 Å².